The summed E-state index contributed by atoms with van der Waals surface area (Å²) in [7, 11) is 0. The van der Waals surface area contributed by atoms with Gasteiger partial charge in [-0.05, 0) is 54.7 Å². The number of benzene rings is 2. The molecule has 0 radical (unpaired) electrons. The maximum Gasteiger partial charge on any atom is 0.0236 e. The highest BCUT2D eigenvalue weighted by Crippen LogP contribution is 2.43. The standard InChI is InChI=1S/C21H25N/c1-16-13-21-19(12-11-18-9-5-6-10-20(18)21)15-22(16)14-17-7-3-2-4-8-17/h2-10,16,19,21H,11-15H2,1H3. The molecule has 0 bridgehead atoms. The van der Waals surface area contributed by atoms with Gasteiger partial charge in [-0.3, -0.25) is 4.90 Å². The van der Waals surface area contributed by atoms with E-state index in [1.165, 1.54) is 31.4 Å². The minimum atomic E-state index is 0.674. The van der Waals surface area contributed by atoms with Crippen LogP contribution in [-0.4, -0.2) is 17.5 Å². The number of piperidine rings is 1. The van der Waals surface area contributed by atoms with Gasteiger partial charge in [0.25, 0.3) is 0 Å². The van der Waals surface area contributed by atoms with E-state index in [1.54, 1.807) is 11.1 Å². The number of aryl methyl sites for hydroxylation is 1. The zero-order valence-corrected chi connectivity index (χ0v) is 13.4. The molecular weight excluding hydrogens is 266 g/mol. The maximum atomic E-state index is 2.70. The van der Waals surface area contributed by atoms with Crippen LogP contribution in [-0.2, 0) is 13.0 Å². The lowest BCUT2D eigenvalue weighted by Gasteiger charge is -2.46. The Bertz CT molecular complexity index is 633. The first-order valence-electron chi connectivity index (χ1n) is 8.67. The van der Waals surface area contributed by atoms with E-state index in [1.807, 2.05) is 0 Å². The Hall–Kier alpha value is -1.60. The molecule has 2 aromatic rings. The Morgan fingerprint density at radius 3 is 2.64 bits per heavy atom. The quantitative estimate of drug-likeness (QED) is 0.780. The maximum absolute atomic E-state index is 2.70. The number of nitrogens with zero attached hydrogens (tertiary/aromatic N) is 1. The van der Waals surface area contributed by atoms with E-state index in [2.05, 4.69) is 66.4 Å². The van der Waals surface area contributed by atoms with E-state index in [4.69, 9.17) is 0 Å². The van der Waals surface area contributed by atoms with Gasteiger partial charge in [-0.15, -0.1) is 0 Å². The molecule has 1 saturated heterocycles. The van der Waals surface area contributed by atoms with Gasteiger partial charge in [0, 0.05) is 19.1 Å². The first-order valence-corrected chi connectivity index (χ1v) is 8.67. The van der Waals surface area contributed by atoms with Gasteiger partial charge in [0.05, 0.1) is 0 Å². The summed E-state index contributed by atoms with van der Waals surface area (Å²) < 4.78 is 0. The Labute approximate surface area is 134 Å². The molecule has 0 saturated carbocycles. The van der Waals surface area contributed by atoms with Crippen molar-refractivity contribution in [3.8, 4) is 0 Å². The van der Waals surface area contributed by atoms with Gasteiger partial charge in [-0.2, -0.15) is 0 Å². The van der Waals surface area contributed by atoms with E-state index in [-0.39, 0.29) is 0 Å². The summed E-state index contributed by atoms with van der Waals surface area (Å²) in [4.78, 5) is 2.70. The molecule has 1 aliphatic heterocycles. The van der Waals surface area contributed by atoms with Crippen LogP contribution in [0.1, 0.15) is 42.4 Å². The molecule has 0 N–H and O–H groups in total. The lowest BCUT2D eigenvalue weighted by atomic mass is 9.70. The minimum Gasteiger partial charge on any atom is -0.296 e. The van der Waals surface area contributed by atoms with E-state index in [9.17, 15) is 0 Å². The molecule has 2 aliphatic rings. The Morgan fingerprint density at radius 1 is 1.00 bits per heavy atom. The van der Waals surface area contributed by atoms with Crippen LogP contribution in [0, 0.1) is 5.92 Å². The predicted molar refractivity (Wildman–Crippen MR) is 91.9 cm³/mol. The third-order valence-corrected chi connectivity index (χ3v) is 5.72. The molecule has 114 valence electrons. The highest BCUT2D eigenvalue weighted by atomic mass is 15.2. The van der Waals surface area contributed by atoms with E-state index >= 15 is 0 Å². The van der Waals surface area contributed by atoms with E-state index in [0.717, 1.165) is 18.4 Å². The van der Waals surface area contributed by atoms with E-state index in [0.29, 0.717) is 6.04 Å². The summed E-state index contributed by atoms with van der Waals surface area (Å²) in [6, 6.07) is 20.8. The molecule has 1 aliphatic carbocycles. The Balaban J connectivity index is 1.53. The van der Waals surface area contributed by atoms with Crippen LogP contribution in [0.5, 0.6) is 0 Å². The van der Waals surface area contributed by atoms with Crippen LogP contribution in [0.25, 0.3) is 0 Å². The summed E-state index contributed by atoms with van der Waals surface area (Å²) in [6.45, 7) is 4.78. The van der Waals surface area contributed by atoms with Crippen LogP contribution in [0.3, 0.4) is 0 Å². The van der Waals surface area contributed by atoms with Crippen molar-refractivity contribution < 1.29 is 0 Å². The summed E-state index contributed by atoms with van der Waals surface area (Å²) in [5.74, 6) is 1.63. The van der Waals surface area contributed by atoms with Crippen LogP contribution >= 0.6 is 0 Å². The number of likely N-dealkylation sites (tertiary alicyclic amines) is 1. The van der Waals surface area contributed by atoms with E-state index < -0.39 is 0 Å². The van der Waals surface area contributed by atoms with Crippen molar-refractivity contribution in [1.29, 1.82) is 0 Å². The van der Waals surface area contributed by atoms with Crippen LogP contribution in [0.4, 0.5) is 0 Å². The second-order valence-corrected chi connectivity index (χ2v) is 7.10. The molecule has 2 aromatic carbocycles. The van der Waals surface area contributed by atoms with Crippen molar-refractivity contribution in [2.24, 2.45) is 5.92 Å². The molecule has 3 unspecified atom stereocenters. The van der Waals surface area contributed by atoms with Gasteiger partial charge in [-0.1, -0.05) is 54.6 Å². The lowest BCUT2D eigenvalue weighted by Crippen LogP contribution is -2.46. The fraction of sp³-hybridized carbons (Fsp3) is 0.429. The number of hydrogen-bond donors (Lipinski definition) is 0. The normalized spacial score (nSPS) is 28.0. The van der Waals surface area contributed by atoms with Gasteiger partial charge < -0.3 is 0 Å². The number of fused-ring (bicyclic) bond motifs is 3. The predicted octanol–water partition coefficient (Wildman–Crippen LogP) is 4.63. The fourth-order valence-electron chi connectivity index (χ4n) is 4.49. The Morgan fingerprint density at radius 2 is 1.77 bits per heavy atom. The smallest absolute Gasteiger partial charge is 0.0236 e. The first kappa shape index (κ1) is 14.0. The highest BCUT2D eigenvalue weighted by molar-refractivity contribution is 5.34. The van der Waals surface area contributed by atoms with Crippen molar-refractivity contribution in [3.63, 3.8) is 0 Å². The lowest BCUT2D eigenvalue weighted by molar-refractivity contribution is 0.0839. The molecule has 1 heterocycles. The molecule has 0 amide bonds. The summed E-state index contributed by atoms with van der Waals surface area (Å²) in [6.07, 6.45) is 3.94. The number of rotatable bonds is 2. The zero-order chi connectivity index (χ0) is 14.9. The van der Waals surface area contributed by atoms with Crippen LogP contribution < -0.4 is 0 Å². The van der Waals surface area contributed by atoms with Crippen LogP contribution in [0.15, 0.2) is 54.6 Å². The van der Waals surface area contributed by atoms with Gasteiger partial charge >= 0.3 is 0 Å². The number of hydrogen-bond acceptors (Lipinski definition) is 1. The first-order chi connectivity index (χ1) is 10.8. The molecule has 4 rings (SSSR count). The van der Waals surface area contributed by atoms with Crippen molar-refractivity contribution >= 4 is 0 Å². The van der Waals surface area contributed by atoms with Gasteiger partial charge in [0.1, 0.15) is 0 Å². The molecule has 1 fully saturated rings. The molecule has 0 aromatic heterocycles. The molecule has 0 spiro atoms. The average molecular weight is 291 g/mol. The average Bonchev–Trinajstić information content (AvgIpc) is 2.57. The third kappa shape index (κ3) is 2.59. The minimum absolute atomic E-state index is 0.674. The largest absolute Gasteiger partial charge is 0.296 e. The monoisotopic (exact) mass is 291 g/mol. The molecule has 3 atom stereocenters. The molecule has 1 nitrogen and oxygen atoms in total. The zero-order valence-electron chi connectivity index (χ0n) is 13.4. The molecular formula is C21H25N. The highest BCUT2D eigenvalue weighted by Gasteiger charge is 2.37. The fourth-order valence-corrected chi connectivity index (χ4v) is 4.49. The Kier molecular flexibility index (Phi) is 3.75. The van der Waals surface area contributed by atoms with Gasteiger partial charge in [0.15, 0.2) is 0 Å². The summed E-state index contributed by atoms with van der Waals surface area (Å²) in [5, 5.41) is 0. The topological polar surface area (TPSA) is 3.24 Å². The van der Waals surface area contributed by atoms with Crippen molar-refractivity contribution in [3.05, 3.63) is 71.3 Å². The summed E-state index contributed by atoms with van der Waals surface area (Å²) in [5.41, 5.74) is 4.70. The molecule has 1 heteroatoms. The summed E-state index contributed by atoms with van der Waals surface area (Å²) >= 11 is 0. The van der Waals surface area contributed by atoms with Gasteiger partial charge in [0.2, 0.25) is 0 Å². The van der Waals surface area contributed by atoms with Crippen LogP contribution in [0.2, 0.25) is 0 Å². The second kappa shape index (κ2) is 5.89. The van der Waals surface area contributed by atoms with Crippen molar-refractivity contribution in [1.82, 2.24) is 4.90 Å². The van der Waals surface area contributed by atoms with Crippen molar-refractivity contribution in [2.75, 3.05) is 6.54 Å². The van der Waals surface area contributed by atoms with Gasteiger partial charge in [-0.25, -0.2) is 0 Å². The third-order valence-electron chi connectivity index (χ3n) is 5.72. The molecule has 22 heavy (non-hydrogen) atoms. The second-order valence-electron chi connectivity index (χ2n) is 7.10. The SMILES string of the molecule is CC1CC2c3ccccc3CCC2CN1Cc1ccccc1. The van der Waals surface area contributed by atoms with Crippen molar-refractivity contribution in [2.45, 2.75) is 44.7 Å².